The number of nitrogens with zero attached hydrogens (tertiary/aromatic N) is 1. The fourth-order valence-corrected chi connectivity index (χ4v) is 5.05. The van der Waals surface area contributed by atoms with E-state index in [1.165, 1.54) is 0 Å². The van der Waals surface area contributed by atoms with Gasteiger partial charge in [-0.3, -0.25) is 4.79 Å². The Bertz CT molecular complexity index is 804. The lowest BCUT2D eigenvalue weighted by atomic mass is 9.66. The van der Waals surface area contributed by atoms with Gasteiger partial charge in [0.2, 0.25) is 5.91 Å². The Morgan fingerprint density at radius 2 is 1.86 bits per heavy atom. The number of hydrogen-bond acceptors (Lipinski definition) is 3. The molecule has 2 aromatic rings. The predicted octanol–water partition coefficient (Wildman–Crippen LogP) is 4.13. The lowest BCUT2D eigenvalue weighted by Crippen LogP contribution is -2.56. The van der Waals surface area contributed by atoms with Crippen LogP contribution in [0.2, 0.25) is 0 Å². The molecule has 0 bridgehead atoms. The predicted molar refractivity (Wildman–Crippen MR) is 109 cm³/mol. The van der Waals surface area contributed by atoms with E-state index in [-0.39, 0.29) is 17.9 Å². The van der Waals surface area contributed by atoms with Crippen molar-refractivity contribution >= 4 is 5.91 Å². The molecule has 0 spiro atoms. The van der Waals surface area contributed by atoms with Crippen LogP contribution in [0.4, 0.5) is 0 Å². The van der Waals surface area contributed by atoms with Crippen LogP contribution in [0, 0.1) is 5.92 Å². The summed E-state index contributed by atoms with van der Waals surface area (Å²) in [4.78, 5) is 15.3. The van der Waals surface area contributed by atoms with Gasteiger partial charge in [-0.2, -0.15) is 0 Å². The lowest BCUT2D eigenvalue weighted by Gasteiger charge is -2.52. The highest BCUT2D eigenvalue weighted by Crippen LogP contribution is 2.49. The van der Waals surface area contributed by atoms with E-state index in [0.29, 0.717) is 19.4 Å². The van der Waals surface area contributed by atoms with Gasteiger partial charge in [0.15, 0.2) is 0 Å². The summed E-state index contributed by atoms with van der Waals surface area (Å²) in [5.74, 6) is 1.03. The number of fused-ring (bicyclic) bond motifs is 1. The monoisotopic (exact) mass is 379 g/mol. The smallest absolute Gasteiger partial charge is 0.227 e. The second-order valence-electron chi connectivity index (χ2n) is 8.17. The van der Waals surface area contributed by atoms with Gasteiger partial charge in [-0.25, -0.2) is 0 Å². The number of piperidine rings is 1. The average Bonchev–Trinajstić information content (AvgIpc) is 2.73. The molecule has 148 valence electrons. The third-order valence-corrected chi connectivity index (χ3v) is 6.54. The number of ether oxygens (including phenoxy) is 1. The van der Waals surface area contributed by atoms with E-state index >= 15 is 0 Å². The number of methoxy groups -OCH3 is 1. The van der Waals surface area contributed by atoms with E-state index in [4.69, 9.17) is 4.74 Å². The van der Waals surface area contributed by atoms with Crippen molar-refractivity contribution in [3.05, 3.63) is 65.7 Å². The second kappa shape index (κ2) is 7.96. The van der Waals surface area contributed by atoms with E-state index in [0.717, 1.165) is 42.6 Å². The molecule has 1 aliphatic heterocycles. The van der Waals surface area contributed by atoms with Gasteiger partial charge < -0.3 is 14.7 Å². The van der Waals surface area contributed by atoms with E-state index in [9.17, 15) is 9.90 Å². The van der Waals surface area contributed by atoms with Crippen LogP contribution in [-0.2, 0) is 11.2 Å². The van der Waals surface area contributed by atoms with Crippen molar-refractivity contribution < 1.29 is 14.6 Å². The van der Waals surface area contributed by atoms with Crippen LogP contribution < -0.4 is 4.74 Å². The number of hydrogen-bond donors (Lipinski definition) is 1. The third kappa shape index (κ3) is 3.66. The molecule has 0 unspecified atom stereocenters. The second-order valence-corrected chi connectivity index (χ2v) is 8.17. The summed E-state index contributed by atoms with van der Waals surface area (Å²) < 4.78 is 5.31. The molecule has 1 aliphatic carbocycles. The molecule has 2 aliphatic rings. The SMILES string of the molecule is COc1ccc([C@H]2[C@@H]3CCCC[C@@]3(O)CCN2C(=O)Cc2ccccc2)cc1. The first kappa shape index (κ1) is 19.0. The number of carbonyl (C=O) groups is 1. The first-order chi connectivity index (χ1) is 13.6. The minimum atomic E-state index is -0.660. The van der Waals surface area contributed by atoms with Gasteiger partial charge in [-0.15, -0.1) is 0 Å². The fourth-order valence-electron chi connectivity index (χ4n) is 5.05. The molecule has 2 aromatic carbocycles. The molecule has 0 radical (unpaired) electrons. The molecule has 28 heavy (non-hydrogen) atoms. The van der Waals surface area contributed by atoms with Crippen LogP contribution in [0.5, 0.6) is 5.75 Å². The summed E-state index contributed by atoms with van der Waals surface area (Å²) in [5.41, 5.74) is 1.46. The number of likely N-dealkylation sites (tertiary alicyclic amines) is 1. The molecule has 4 nitrogen and oxygen atoms in total. The largest absolute Gasteiger partial charge is 0.497 e. The Morgan fingerprint density at radius 3 is 2.57 bits per heavy atom. The lowest BCUT2D eigenvalue weighted by molar-refractivity contribution is -0.154. The quantitative estimate of drug-likeness (QED) is 0.869. The topological polar surface area (TPSA) is 49.8 Å². The minimum Gasteiger partial charge on any atom is -0.497 e. The van der Waals surface area contributed by atoms with Crippen molar-refractivity contribution in [3.63, 3.8) is 0 Å². The van der Waals surface area contributed by atoms with Crippen LogP contribution in [0.1, 0.15) is 49.3 Å². The zero-order chi connectivity index (χ0) is 19.6. The Balaban J connectivity index is 1.66. The Hall–Kier alpha value is -2.33. The summed E-state index contributed by atoms with van der Waals surface area (Å²) in [5, 5.41) is 11.4. The van der Waals surface area contributed by atoms with Crippen LogP contribution in [0.15, 0.2) is 54.6 Å². The molecule has 1 N–H and O–H groups in total. The molecule has 4 rings (SSSR count). The zero-order valence-electron chi connectivity index (χ0n) is 16.5. The van der Waals surface area contributed by atoms with Crippen molar-refractivity contribution in [2.45, 2.75) is 50.2 Å². The zero-order valence-corrected chi connectivity index (χ0v) is 16.5. The highest BCUT2D eigenvalue weighted by atomic mass is 16.5. The standard InChI is InChI=1S/C24H29NO3/c1-28-20-12-10-19(11-13-20)23-21-9-5-6-14-24(21,27)15-16-25(23)22(26)17-18-7-3-2-4-8-18/h2-4,7-8,10-13,21,23,27H,5-6,9,14-17H2,1H3/t21-,23-,24+/m0/s1. The van der Waals surface area contributed by atoms with Crippen LogP contribution in [-0.4, -0.2) is 35.2 Å². The van der Waals surface area contributed by atoms with E-state index in [1.807, 2.05) is 59.5 Å². The Labute approximate surface area is 167 Å². The van der Waals surface area contributed by atoms with Crippen LogP contribution in [0.25, 0.3) is 0 Å². The molecule has 1 saturated heterocycles. The van der Waals surface area contributed by atoms with Gasteiger partial charge in [0.1, 0.15) is 5.75 Å². The van der Waals surface area contributed by atoms with Gasteiger partial charge in [0.05, 0.1) is 25.2 Å². The molecule has 2 fully saturated rings. The fraction of sp³-hybridized carbons (Fsp3) is 0.458. The summed E-state index contributed by atoms with van der Waals surface area (Å²) >= 11 is 0. The van der Waals surface area contributed by atoms with Crippen molar-refractivity contribution in [2.24, 2.45) is 5.92 Å². The maximum Gasteiger partial charge on any atom is 0.227 e. The van der Waals surface area contributed by atoms with Gasteiger partial charge >= 0.3 is 0 Å². The van der Waals surface area contributed by atoms with E-state index in [2.05, 4.69) is 0 Å². The first-order valence-corrected chi connectivity index (χ1v) is 10.3. The van der Waals surface area contributed by atoms with Gasteiger partial charge in [-0.05, 0) is 42.5 Å². The number of aliphatic hydroxyl groups is 1. The van der Waals surface area contributed by atoms with Crippen molar-refractivity contribution in [1.29, 1.82) is 0 Å². The molecule has 1 heterocycles. The molecule has 1 amide bonds. The molecule has 0 aromatic heterocycles. The summed E-state index contributed by atoms with van der Waals surface area (Å²) in [6.07, 6.45) is 5.05. The molecule has 3 atom stereocenters. The van der Waals surface area contributed by atoms with Crippen molar-refractivity contribution in [1.82, 2.24) is 4.90 Å². The maximum absolute atomic E-state index is 13.3. The minimum absolute atomic E-state index is 0.0823. The number of rotatable bonds is 4. The van der Waals surface area contributed by atoms with Crippen molar-refractivity contribution in [2.75, 3.05) is 13.7 Å². The molecular weight excluding hydrogens is 350 g/mol. The van der Waals surface area contributed by atoms with Gasteiger partial charge in [0, 0.05) is 12.5 Å². The Kier molecular flexibility index (Phi) is 5.40. The highest BCUT2D eigenvalue weighted by molar-refractivity contribution is 5.79. The van der Waals surface area contributed by atoms with Crippen LogP contribution >= 0.6 is 0 Å². The van der Waals surface area contributed by atoms with E-state index < -0.39 is 5.60 Å². The number of amides is 1. The maximum atomic E-state index is 13.3. The third-order valence-electron chi connectivity index (χ3n) is 6.54. The molecular formula is C24H29NO3. The van der Waals surface area contributed by atoms with Crippen LogP contribution in [0.3, 0.4) is 0 Å². The first-order valence-electron chi connectivity index (χ1n) is 10.3. The molecule has 1 saturated carbocycles. The van der Waals surface area contributed by atoms with Gasteiger partial charge in [-0.1, -0.05) is 55.3 Å². The number of benzene rings is 2. The molecule has 4 heteroatoms. The van der Waals surface area contributed by atoms with Gasteiger partial charge in [0.25, 0.3) is 0 Å². The highest BCUT2D eigenvalue weighted by Gasteiger charge is 2.50. The summed E-state index contributed by atoms with van der Waals surface area (Å²) in [7, 11) is 1.66. The van der Waals surface area contributed by atoms with Crippen molar-refractivity contribution in [3.8, 4) is 5.75 Å². The summed E-state index contributed by atoms with van der Waals surface area (Å²) in [6, 6.07) is 17.8. The number of carbonyl (C=O) groups excluding carboxylic acids is 1. The normalized spacial score (nSPS) is 27.1. The van der Waals surface area contributed by atoms with E-state index in [1.54, 1.807) is 7.11 Å². The summed E-state index contributed by atoms with van der Waals surface area (Å²) in [6.45, 7) is 0.607. The Morgan fingerprint density at radius 1 is 1.11 bits per heavy atom. The average molecular weight is 380 g/mol.